The lowest BCUT2D eigenvalue weighted by molar-refractivity contribution is 0.879. The Balaban J connectivity index is 0.000000561. The van der Waals surface area contributed by atoms with Gasteiger partial charge in [-0.25, -0.2) is 0 Å². The normalized spacial score (nSPS) is 9.58. The number of aromatic nitrogens is 1. The summed E-state index contributed by atoms with van der Waals surface area (Å²) in [5, 5.41) is 0. The van der Waals surface area contributed by atoms with E-state index < -0.39 is 0 Å². The standard InChI is InChI=1S/C8H13NS.C2H6/c1-5(2)8-6(3)7(4)9-10-8;1-2/h5H,1-4H3;1-2H3. The number of hydrogen-bond acceptors (Lipinski definition) is 2. The number of nitrogens with zero attached hydrogens (tertiary/aromatic N) is 1. The molecule has 0 atom stereocenters. The van der Waals surface area contributed by atoms with Crippen molar-refractivity contribution < 1.29 is 0 Å². The van der Waals surface area contributed by atoms with Crippen molar-refractivity contribution in [3.05, 3.63) is 16.1 Å². The third kappa shape index (κ3) is 2.59. The lowest BCUT2D eigenvalue weighted by atomic mass is 10.1. The summed E-state index contributed by atoms with van der Waals surface area (Å²) >= 11 is 1.63. The third-order valence-corrected chi connectivity index (χ3v) is 3.06. The van der Waals surface area contributed by atoms with E-state index in [-0.39, 0.29) is 0 Å². The van der Waals surface area contributed by atoms with Crippen molar-refractivity contribution in [3.8, 4) is 0 Å². The molecular weight excluding hydrogens is 166 g/mol. The topological polar surface area (TPSA) is 12.9 Å². The molecule has 1 rings (SSSR count). The average molecular weight is 185 g/mol. The first kappa shape index (κ1) is 11.6. The smallest absolute Gasteiger partial charge is 0.0543 e. The van der Waals surface area contributed by atoms with Crippen LogP contribution in [0.25, 0.3) is 0 Å². The Morgan fingerprint density at radius 3 is 1.83 bits per heavy atom. The molecule has 0 bridgehead atoms. The second-order valence-electron chi connectivity index (χ2n) is 2.91. The van der Waals surface area contributed by atoms with E-state index >= 15 is 0 Å². The maximum Gasteiger partial charge on any atom is 0.0543 e. The molecule has 1 nitrogen and oxygen atoms in total. The first-order valence-corrected chi connectivity index (χ1v) is 5.33. The van der Waals surface area contributed by atoms with E-state index in [0.717, 1.165) is 0 Å². The quantitative estimate of drug-likeness (QED) is 0.646. The highest BCUT2D eigenvalue weighted by molar-refractivity contribution is 7.06. The van der Waals surface area contributed by atoms with E-state index in [4.69, 9.17) is 0 Å². The Bertz CT molecular complexity index is 226. The second kappa shape index (κ2) is 5.31. The van der Waals surface area contributed by atoms with Gasteiger partial charge in [-0.05, 0) is 36.9 Å². The van der Waals surface area contributed by atoms with Crippen LogP contribution in [0.5, 0.6) is 0 Å². The van der Waals surface area contributed by atoms with E-state index in [1.807, 2.05) is 13.8 Å². The Morgan fingerprint density at radius 2 is 1.67 bits per heavy atom. The predicted octanol–water partition coefficient (Wildman–Crippen LogP) is 3.91. The fourth-order valence-corrected chi connectivity index (χ4v) is 1.84. The molecular formula is C10H19NS. The minimum absolute atomic E-state index is 0.631. The summed E-state index contributed by atoms with van der Waals surface area (Å²) in [5.41, 5.74) is 2.56. The third-order valence-electron chi connectivity index (χ3n) is 1.72. The van der Waals surface area contributed by atoms with Gasteiger partial charge in [-0.1, -0.05) is 27.7 Å². The lowest BCUT2D eigenvalue weighted by Crippen LogP contribution is -1.85. The number of aryl methyl sites for hydroxylation is 1. The van der Waals surface area contributed by atoms with E-state index in [1.165, 1.54) is 16.1 Å². The van der Waals surface area contributed by atoms with Crippen LogP contribution >= 0.6 is 11.5 Å². The van der Waals surface area contributed by atoms with E-state index in [0.29, 0.717) is 5.92 Å². The Labute approximate surface area is 80.0 Å². The van der Waals surface area contributed by atoms with Crippen molar-refractivity contribution >= 4 is 11.5 Å². The van der Waals surface area contributed by atoms with Crippen molar-refractivity contribution in [2.24, 2.45) is 0 Å². The van der Waals surface area contributed by atoms with Gasteiger partial charge in [0.15, 0.2) is 0 Å². The Kier molecular flexibility index (Phi) is 5.14. The molecule has 12 heavy (non-hydrogen) atoms. The molecule has 0 radical (unpaired) electrons. The van der Waals surface area contributed by atoms with Crippen LogP contribution in [-0.4, -0.2) is 4.37 Å². The summed E-state index contributed by atoms with van der Waals surface area (Å²) in [6.45, 7) is 12.6. The molecule has 1 aromatic rings. The van der Waals surface area contributed by atoms with Crippen molar-refractivity contribution in [2.75, 3.05) is 0 Å². The highest BCUT2D eigenvalue weighted by Crippen LogP contribution is 2.24. The molecule has 0 aliphatic heterocycles. The molecule has 0 fully saturated rings. The Hall–Kier alpha value is -0.370. The van der Waals surface area contributed by atoms with Gasteiger partial charge >= 0.3 is 0 Å². The summed E-state index contributed by atoms with van der Waals surface area (Å²) in [4.78, 5) is 1.43. The van der Waals surface area contributed by atoms with Gasteiger partial charge < -0.3 is 0 Å². The number of rotatable bonds is 1. The molecule has 1 heterocycles. The fourth-order valence-electron chi connectivity index (χ4n) is 0.971. The van der Waals surface area contributed by atoms with Gasteiger partial charge in [0.25, 0.3) is 0 Å². The van der Waals surface area contributed by atoms with Crippen molar-refractivity contribution in [3.63, 3.8) is 0 Å². The monoisotopic (exact) mass is 185 g/mol. The fraction of sp³-hybridized carbons (Fsp3) is 0.700. The first-order chi connectivity index (χ1) is 5.63. The van der Waals surface area contributed by atoms with Gasteiger partial charge in [0.05, 0.1) is 5.69 Å². The van der Waals surface area contributed by atoms with E-state index in [1.54, 1.807) is 11.5 Å². The summed E-state index contributed by atoms with van der Waals surface area (Å²) in [6, 6.07) is 0. The van der Waals surface area contributed by atoms with Crippen LogP contribution in [0, 0.1) is 13.8 Å². The SMILES string of the molecule is CC.Cc1nsc(C(C)C)c1C. The van der Waals surface area contributed by atoms with Crippen molar-refractivity contribution in [2.45, 2.75) is 47.5 Å². The van der Waals surface area contributed by atoms with Crippen LogP contribution in [0.1, 0.15) is 49.7 Å². The molecule has 0 saturated carbocycles. The predicted molar refractivity (Wildman–Crippen MR) is 57.0 cm³/mol. The molecule has 0 spiro atoms. The molecule has 1 aromatic heterocycles. The van der Waals surface area contributed by atoms with Crippen LogP contribution in [0.15, 0.2) is 0 Å². The number of hydrogen-bond donors (Lipinski definition) is 0. The zero-order valence-electron chi connectivity index (χ0n) is 8.93. The molecule has 70 valence electrons. The molecule has 2 heteroatoms. The molecule has 0 unspecified atom stereocenters. The molecule has 0 N–H and O–H groups in total. The lowest BCUT2D eigenvalue weighted by Gasteiger charge is -2.00. The van der Waals surface area contributed by atoms with Gasteiger partial charge in [-0.3, -0.25) is 0 Å². The average Bonchev–Trinajstić information content (AvgIpc) is 2.37. The van der Waals surface area contributed by atoms with Gasteiger partial charge in [-0.15, -0.1) is 0 Å². The van der Waals surface area contributed by atoms with E-state index in [9.17, 15) is 0 Å². The van der Waals surface area contributed by atoms with Crippen molar-refractivity contribution in [1.29, 1.82) is 0 Å². The Morgan fingerprint density at radius 1 is 1.17 bits per heavy atom. The zero-order chi connectivity index (χ0) is 9.72. The highest BCUT2D eigenvalue weighted by atomic mass is 32.1. The minimum atomic E-state index is 0.631. The van der Waals surface area contributed by atoms with Gasteiger partial charge in [0.1, 0.15) is 0 Å². The highest BCUT2D eigenvalue weighted by Gasteiger charge is 2.08. The van der Waals surface area contributed by atoms with Crippen LogP contribution in [0.4, 0.5) is 0 Å². The largest absolute Gasteiger partial charge is 0.197 e. The minimum Gasteiger partial charge on any atom is -0.197 e. The summed E-state index contributed by atoms with van der Waals surface area (Å²) in [6.07, 6.45) is 0. The summed E-state index contributed by atoms with van der Waals surface area (Å²) in [5.74, 6) is 0.631. The van der Waals surface area contributed by atoms with Gasteiger partial charge in [-0.2, -0.15) is 4.37 Å². The molecule has 0 aliphatic rings. The molecule has 0 saturated heterocycles. The van der Waals surface area contributed by atoms with Gasteiger partial charge in [0, 0.05) is 4.88 Å². The molecule has 0 aromatic carbocycles. The summed E-state index contributed by atoms with van der Waals surface area (Å²) < 4.78 is 4.28. The van der Waals surface area contributed by atoms with Crippen LogP contribution in [0.2, 0.25) is 0 Å². The van der Waals surface area contributed by atoms with Crippen LogP contribution in [-0.2, 0) is 0 Å². The zero-order valence-corrected chi connectivity index (χ0v) is 9.75. The molecule has 0 aliphatic carbocycles. The van der Waals surface area contributed by atoms with Crippen molar-refractivity contribution in [1.82, 2.24) is 4.37 Å². The van der Waals surface area contributed by atoms with Gasteiger partial charge in [0.2, 0.25) is 0 Å². The first-order valence-electron chi connectivity index (χ1n) is 4.55. The molecule has 0 amide bonds. The van der Waals surface area contributed by atoms with Crippen LogP contribution in [0.3, 0.4) is 0 Å². The maximum atomic E-state index is 4.28. The van der Waals surface area contributed by atoms with E-state index in [2.05, 4.69) is 32.1 Å². The van der Waals surface area contributed by atoms with Crippen LogP contribution < -0.4 is 0 Å². The summed E-state index contributed by atoms with van der Waals surface area (Å²) in [7, 11) is 0. The second-order valence-corrected chi connectivity index (χ2v) is 3.72. The maximum absolute atomic E-state index is 4.28.